The molecule has 0 heterocycles. The van der Waals surface area contributed by atoms with Gasteiger partial charge in [-0.25, -0.2) is 0 Å². The van der Waals surface area contributed by atoms with Crippen molar-refractivity contribution in [1.29, 1.82) is 0 Å². The lowest BCUT2D eigenvalue weighted by molar-refractivity contribution is -0.166. The third kappa shape index (κ3) is 54.4. The lowest BCUT2D eigenvalue weighted by Crippen LogP contribution is -2.30. The van der Waals surface area contributed by atoms with Crippen molar-refractivity contribution >= 4 is 17.9 Å². The Kier molecular flexibility index (Phi) is 52.5. The molecule has 1 atom stereocenters. The lowest BCUT2D eigenvalue weighted by atomic mass is 10.1. The van der Waals surface area contributed by atoms with Crippen LogP contribution in [-0.4, -0.2) is 37.2 Å². The number of esters is 3. The molecule has 0 spiro atoms. The molecule has 0 saturated carbocycles. The molecule has 0 aliphatic rings. The van der Waals surface area contributed by atoms with Gasteiger partial charge in [-0.15, -0.1) is 0 Å². The molecule has 0 aromatic heterocycles. The van der Waals surface area contributed by atoms with Crippen LogP contribution >= 0.6 is 0 Å². The Balaban J connectivity index is 4.56. The first-order chi connectivity index (χ1) is 34.0. The Morgan fingerprint density at radius 2 is 0.623 bits per heavy atom. The van der Waals surface area contributed by atoms with Gasteiger partial charge in [0.15, 0.2) is 6.10 Å². The maximum absolute atomic E-state index is 12.8. The second-order valence-electron chi connectivity index (χ2n) is 17.8. The van der Waals surface area contributed by atoms with Crippen LogP contribution in [0.4, 0.5) is 0 Å². The van der Waals surface area contributed by atoms with E-state index < -0.39 is 18.0 Å². The van der Waals surface area contributed by atoms with Crippen molar-refractivity contribution in [1.82, 2.24) is 0 Å². The van der Waals surface area contributed by atoms with Crippen molar-refractivity contribution in [2.24, 2.45) is 0 Å². The Morgan fingerprint density at radius 1 is 0.319 bits per heavy atom. The molecule has 0 fully saturated rings. The number of ether oxygens (including phenoxy) is 3. The largest absolute Gasteiger partial charge is 0.462 e. The van der Waals surface area contributed by atoms with E-state index in [1.165, 1.54) is 103 Å². The highest BCUT2D eigenvalue weighted by Crippen LogP contribution is 2.14. The fraction of sp³-hybridized carbons (Fsp3) is 0.603. The number of carbonyl (C=O) groups is 3. The van der Waals surface area contributed by atoms with Gasteiger partial charge in [0.25, 0.3) is 0 Å². The number of allylic oxidation sites excluding steroid dienone is 20. The standard InChI is InChI=1S/C63H100O6/c1-4-7-10-13-16-19-22-25-28-29-30-31-32-33-36-38-41-44-47-50-53-56-62(65)68-59-60(69-63(66)57-54-51-48-45-42-39-35-27-24-21-18-15-12-9-6-3)58-67-61(64)55-52-49-46-43-40-37-34-26-23-20-17-14-11-8-5-2/h8-9,11-12,17-18,20-21,26-27,29-30,34-35,40,42-43,45,49,51-52,54,60H,4-7,10,13-16,19,22-25,28,31-33,36-39,41,44,46-48,50,53,55-59H2,1-3H3/b11-8-,12-9-,20-17-,21-18-,30-29-,34-26-,35-27-,43-40-,45-42-,52-49-,54-51-. The molecule has 388 valence electrons. The second kappa shape index (κ2) is 56.1. The van der Waals surface area contributed by atoms with E-state index in [-0.39, 0.29) is 32.0 Å². The predicted octanol–water partition coefficient (Wildman–Crippen LogP) is 18.6. The van der Waals surface area contributed by atoms with Crippen molar-refractivity contribution < 1.29 is 28.6 Å². The maximum atomic E-state index is 12.8. The lowest BCUT2D eigenvalue weighted by Gasteiger charge is -2.17. The molecule has 6 heteroatoms. The fourth-order valence-electron chi connectivity index (χ4n) is 7.11. The summed E-state index contributed by atoms with van der Waals surface area (Å²) in [5.74, 6) is -1.23. The minimum Gasteiger partial charge on any atom is -0.462 e. The number of unbranched alkanes of at least 4 members (excludes halogenated alkanes) is 17. The maximum Gasteiger partial charge on any atom is 0.310 e. The number of hydrogen-bond acceptors (Lipinski definition) is 6. The van der Waals surface area contributed by atoms with Crippen LogP contribution in [0, 0.1) is 0 Å². The van der Waals surface area contributed by atoms with Gasteiger partial charge < -0.3 is 14.2 Å². The summed E-state index contributed by atoms with van der Waals surface area (Å²) < 4.78 is 16.6. The molecule has 0 aromatic rings. The minimum atomic E-state index is -0.878. The topological polar surface area (TPSA) is 78.9 Å². The van der Waals surface area contributed by atoms with Crippen molar-refractivity contribution in [2.45, 2.75) is 232 Å². The van der Waals surface area contributed by atoms with Gasteiger partial charge >= 0.3 is 17.9 Å². The molecule has 0 rings (SSSR count). The molecule has 0 radical (unpaired) electrons. The van der Waals surface area contributed by atoms with Crippen molar-refractivity contribution in [2.75, 3.05) is 13.2 Å². The zero-order chi connectivity index (χ0) is 50.0. The average Bonchev–Trinajstić information content (AvgIpc) is 3.35. The first-order valence-electron chi connectivity index (χ1n) is 27.7. The smallest absolute Gasteiger partial charge is 0.310 e. The number of carbonyl (C=O) groups excluding carboxylic acids is 3. The zero-order valence-corrected chi connectivity index (χ0v) is 44.3. The van der Waals surface area contributed by atoms with Gasteiger partial charge in [0.05, 0.1) is 12.8 Å². The second-order valence-corrected chi connectivity index (χ2v) is 17.8. The van der Waals surface area contributed by atoms with E-state index in [2.05, 4.69) is 130 Å². The molecule has 69 heavy (non-hydrogen) atoms. The van der Waals surface area contributed by atoms with Crippen LogP contribution in [-0.2, 0) is 28.6 Å². The highest BCUT2D eigenvalue weighted by molar-refractivity contribution is 5.72. The van der Waals surface area contributed by atoms with E-state index in [1.54, 1.807) is 12.2 Å². The Morgan fingerprint density at radius 3 is 1.00 bits per heavy atom. The third-order valence-electron chi connectivity index (χ3n) is 11.2. The van der Waals surface area contributed by atoms with Crippen molar-refractivity contribution in [3.05, 3.63) is 134 Å². The quantitative estimate of drug-likeness (QED) is 0.0262. The summed E-state index contributed by atoms with van der Waals surface area (Å²) in [7, 11) is 0. The summed E-state index contributed by atoms with van der Waals surface area (Å²) in [6.07, 6.45) is 79.3. The van der Waals surface area contributed by atoms with Crippen LogP contribution in [0.25, 0.3) is 0 Å². The SMILES string of the molecule is CC/C=C\C/C=C\C/C=C\C/C=C\C/C=C\CC(=O)OCC(COC(=O)CCCCCCCCCCC/C=C\CCCCCCCCCC)OC(=O)C/C=C\C/C=C\C/C=C\C/C=C\C/C=C\CC. The van der Waals surface area contributed by atoms with Gasteiger partial charge in [-0.2, -0.15) is 0 Å². The molecule has 0 aromatic carbocycles. The third-order valence-corrected chi connectivity index (χ3v) is 11.2. The molecule has 0 N–H and O–H groups in total. The Bertz CT molecular complexity index is 1510. The first kappa shape index (κ1) is 64.5. The summed E-state index contributed by atoms with van der Waals surface area (Å²) in [4.78, 5) is 38.0. The predicted molar refractivity (Wildman–Crippen MR) is 297 cm³/mol. The van der Waals surface area contributed by atoms with Crippen LogP contribution in [0.1, 0.15) is 226 Å². The van der Waals surface area contributed by atoms with E-state index >= 15 is 0 Å². The Hall–Kier alpha value is -4.45. The van der Waals surface area contributed by atoms with Crippen molar-refractivity contribution in [3.63, 3.8) is 0 Å². The summed E-state index contributed by atoms with van der Waals surface area (Å²) in [6, 6.07) is 0. The summed E-state index contributed by atoms with van der Waals surface area (Å²) >= 11 is 0. The van der Waals surface area contributed by atoms with Gasteiger partial charge in [-0.05, 0) is 96.3 Å². The van der Waals surface area contributed by atoms with Crippen LogP contribution in [0.5, 0.6) is 0 Å². The van der Waals surface area contributed by atoms with Crippen LogP contribution in [0.2, 0.25) is 0 Å². The molecule has 0 aliphatic heterocycles. The number of hydrogen-bond donors (Lipinski definition) is 0. The number of rotatable bonds is 48. The zero-order valence-electron chi connectivity index (χ0n) is 44.3. The molecule has 1 unspecified atom stereocenters. The van der Waals surface area contributed by atoms with Gasteiger partial charge in [-0.1, -0.05) is 244 Å². The molecule has 6 nitrogen and oxygen atoms in total. The van der Waals surface area contributed by atoms with E-state index in [0.717, 1.165) is 70.6 Å². The van der Waals surface area contributed by atoms with E-state index in [9.17, 15) is 14.4 Å². The minimum absolute atomic E-state index is 0.0722. The summed E-state index contributed by atoms with van der Waals surface area (Å²) in [5, 5.41) is 0. The monoisotopic (exact) mass is 953 g/mol. The van der Waals surface area contributed by atoms with Gasteiger partial charge in [0.2, 0.25) is 0 Å². The van der Waals surface area contributed by atoms with Crippen LogP contribution in [0.15, 0.2) is 134 Å². The van der Waals surface area contributed by atoms with E-state index in [0.29, 0.717) is 19.3 Å². The van der Waals surface area contributed by atoms with Crippen LogP contribution < -0.4 is 0 Å². The van der Waals surface area contributed by atoms with Crippen molar-refractivity contribution in [3.8, 4) is 0 Å². The molecule has 0 saturated heterocycles. The molecular formula is C63H100O6. The van der Waals surface area contributed by atoms with Gasteiger partial charge in [0.1, 0.15) is 13.2 Å². The highest BCUT2D eigenvalue weighted by Gasteiger charge is 2.19. The van der Waals surface area contributed by atoms with E-state index in [4.69, 9.17) is 14.2 Å². The normalized spacial score (nSPS) is 13.1. The molecule has 0 bridgehead atoms. The summed E-state index contributed by atoms with van der Waals surface area (Å²) in [6.45, 7) is 6.23. The first-order valence-corrected chi connectivity index (χ1v) is 27.7. The summed E-state index contributed by atoms with van der Waals surface area (Å²) in [5.41, 5.74) is 0. The molecular weight excluding hydrogens is 853 g/mol. The molecule has 0 amide bonds. The van der Waals surface area contributed by atoms with E-state index in [1.807, 2.05) is 12.2 Å². The highest BCUT2D eigenvalue weighted by atomic mass is 16.6. The van der Waals surface area contributed by atoms with Crippen LogP contribution in [0.3, 0.4) is 0 Å². The van der Waals surface area contributed by atoms with Gasteiger partial charge in [-0.3, -0.25) is 14.4 Å². The Labute approximate surface area is 424 Å². The fourth-order valence-corrected chi connectivity index (χ4v) is 7.11. The average molecular weight is 953 g/mol. The molecule has 0 aliphatic carbocycles. The van der Waals surface area contributed by atoms with Gasteiger partial charge in [0, 0.05) is 6.42 Å².